The predicted octanol–water partition coefficient (Wildman–Crippen LogP) is 3.71. The number of hydrogen-bond acceptors (Lipinski definition) is 5. The lowest BCUT2D eigenvalue weighted by Gasteiger charge is -2.28. The Morgan fingerprint density at radius 1 is 1.00 bits per heavy atom. The van der Waals surface area contributed by atoms with Gasteiger partial charge in [-0.05, 0) is 48.5 Å². The number of benzene rings is 2. The summed E-state index contributed by atoms with van der Waals surface area (Å²) in [5, 5.41) is 11.1. The van der Waals surface area contributed by atoms with Crippen molar-refractivity contribution >= 4 is 28.9 Å². The first-order valence-corrected chi connectivity index (χ1v) is 8.54. The molecule has 25 heavy (non-hydrogen) atoms. The molecular weight excluding hydrogens is 338 g/mol. The van der Waals surface area contributed by atoms with Crippen LogP contribution >= 0.6 is 11.6 Å². The number of anilines is 3. The summed E-state index contributed by atoms with van der Waals surface area (Å²) >= 11 is 5.91. The molecule has 4 rings (SSSR count). The van der Waals surface area contributed by atoms with Gasteiger partial charge in [-0.1, -0.05) is 11.6 Å². The van der Waals surface area contributed by atoms with Crippen molar-refractivity contribution in [3.8, 4) is 11.4 Å². The van der Waals surface area contributed by atoms with E-state index in [0.717, 1.165) is 37.6 Å². The third-order valence-electron chi connectivity index (χ3n) is 4.10. The van der Waals surface area contributed by atoms with Crippen LogP contribution in [-0.2, 0) is 4.74 Å². The van der Waals surface area contributed by atoms with Crippen LogP contribution in [0, 0.1) is 0 Å². The third kappa shape index (κ3) is 3.75. The minimum absolute atomic E-state index is 0.532. The van der Waals surface area contributed by atoms with Gasteiger partial charge in [0.1, 0.15) is 0 Å². The van der Waals surface area contributed by atoms with Crippen LogP contribution in [0.1, 0.15) is 0 Å². The lowest BCUT2D eigenvalue weighted by atomic mass is 10.2. The Hall–Kier alpha value is -2.57. The summed E-state index contributed by atoms with van der Waals surface area (Å²) in [5.41, 5.74) is 3.08. The molecule has 1 aromatic heterocycles. The van der Waals surface area contributed by atoms with Crippen LogP contribution in [0.2, 0.25) is 5.02 Å². The number of halogens is 1. The van der Waals surface area contributed by atoms with Gasteiger partial charge in [0.25, 0.3) is 0 Å². The molecule has 7 heteroatoms. The second kappa shape index (κ2) is 7.13. The van der Waals surface area contributed by atoms with Crippen LogP contribution < -0.4 is 10.2 Å². The number of rotatable bonds is 4. The number of aromatic amines is 1. The lowest BCUT2D eigenvalue weighted by Crippen LogP contribution is -2.36. The Morgan fingerprint density at radius 3 is 2.44 bits per heavy atom. The molecule has 0 unspecified atom stereocenters. The molecule has 0 aliphatic carbocycles. The van der Waals surface area contributed by atoms with E-state index in [9.17, 15) is 0 Å². The first-order valence-electron chi connectivity index (χ1n) is 8.16. The molecule has 3 aromatic rings. The summed E-state index contributed by atoms with van der Waals surface area (Å²) < 4.78 is 5.39. The maximum Gasteiger partial charge on any atom is 0.246 e. The highest BCUT2D eigenvalue weighted by atomic mass is 35.5. The standard InChI is InChI=1S/C18H18ClN5O/c19-14-3-1-13(2-4-14)17-21-18(23-22-17)20-15-5-7-16(8-6-15)24-9-11-25-12-10-24/h1-8H,9-12H2,(H2,20,21,22,23). The average Bonchev–Trinajstić information content (AvgIpc) is 3.12. The predicted molar refractivity (Wildman–Crippen MR) is 99.6 cm³/mol. The van der Waals surface area contributed by atoms with Crippen LogP contribution in [0.25, 0.3) is 11.4 Å². The SMILES string of the molecule is Clc1ccc(-c2nc(Nc3ccc(N4CCOCC4)cc3)n[nH]2)cc1. The number of nitrogens with zero attached hydrogens (tertiary/aromatic N) is 3. The molecule has 1 saturated heterocycles. The summed E-state index contributed by atoms with van der Waals surface area (Å²) in [7, 11) is 0. The molecular formula is C18H18ClN5O. The minimum atomic E-state index is 0.532. The van der Waals surface area contributed by atoms with Crippen molar-refractivity contribution in [2.75, 3.05) is 36.5 Å². The molecule has 1 aliphatic rings. The molecule has 6 nitrogen and oxygen atoms in total. The molecule has 0 saturated carbocycles. The Balaban J connectivity index is 1.44. The molecule has 2 heterocycles. The fourth-order valence-electron chi connectivity index (χ4n) is 2.76. The third-order valence-corrected chi connectivity index (χ3v) is 4.35. The van der Waals surface area contributed by atoms with E-state index < -0.39 is 0 Å². The van der Waals surface area contributed by atoms with Crippen molar-refractivity contribution in [1.82, 2.24) is 15.2 Å². The Bertz CT molecular complexity index is 825. The van der Waals surface area contributed by atoms with Gasteiger partial charge >= 0.3 is 0 Å². The van der Waals surface area contributed by atoms with Gasteiger partial charge < -0.3 is 15.0 Å². The number of H-pyrrole nitrogens is 1. The van der Waals surface area contributed by atoms with Crippen LogP contribution in [-0.4, -0.2) is 41.5 Å². The van der Waals surface area contributed by atoms with Crippen molar-refractivity contribution in [1.29, 1.82) is 0 Å². The van der Waals surface area contributed by atoms with Gasteiger partial charge in [-0.15, -0.1) is 5.10 Å². The highest BCUT2D eigenvalue weighted by Crippen LogP contribution is 2.22. The smallest absolute Gasteiger partial charge is 0.246 e. The zero-order valence-electron chi connectivity index (χ0n) is 13.6. The molecule has 0 spiro atoms. The maximum absolute atomic E-state index is 5.91. The molecule has 128 valence electrons. The summed E-state index contributed by atoms with van der Waals surface area (Å²) in [4.78, 5) is 6.79. The Morgan fingerprint density at radius 2 is 1.72 bits per heavy atom. The van der Waals surface area contributed by atoms with E-state index in [2.05, 4.69) is 37.5 Å². The van der Waals surface area contributed by atoms with Crippen molar-refractivity contribution in [2.45, 2.75) is 0 Å². The van der Waals surface area contributed by atoms with E-state index in [1.165, 1.54) is 5.69 Å². The normalized spacial score (nSPS) is 14.5. The summed E-state index contributed by atoms with van der Waals surface area (Å²) in [5.74, 6) is 1.23. The number of morpholine rings is 1. The van der Waals surface area contributed by atoms with Crippen LogP contribution in [0.15, 0.2) is 48.5 Å². The van der Waals surface area contributed by atoms with E-state index in [-0.39, 0.29) is 0 Å². The zero-order chi connectivity index (χ0) is 17.1. The van der Waals surface area contributed by atoms with Crippen molar-refractivity contribution in [2.24, 2.45) is 0 Å². The van der Waals surface area contributed by atoms with Crippen molar-refractivity contribution < 1.29 is 4.74 Å². The van der Waals surface area contributed by atoms with Gasteiger partial charge in [-0.25, -0.2) is 0 Å². The zero-order valence-corrected chi connectivity index (χ0v) is 14.3. The summed E-state index contributed by atoms with van der Waals surface area (Å²) in [6.45, 7) is 3.42. The van der Waals surface area contributed by atoms with Crippen LogP contribution in [0.5, 0.6) is 0 Å². The van der Waals surface area contributed by atoms with Crippen molar-refractivity contribution in [3.05, 3.63) is 53.6 Å². The average molecular weight is 356 g/mol. The molecule has 1 aliphatic heterocycles. The van der Waals surface area contributed by atoms with Gasteiger partial charge in [0, 0.05) is 35.1 Å². The monoisotopic (exact) mass is 355 g/mol. The minimum Gasteiger partial charge on any atom is -0.378 e. The first-order chi connectivity index (χ1) is 12.3. The van der Waals surface area contributed by atoms with Crippen LogP contribution in [0.3, 0.4) is 0 Å². The topological polar surface area (TPSA) is 66.1 Å². The van der Waals surface area contributed by atoms with E-state index in [1.807, 2.05) is 36.4 Å². The molecule has 0 amide bonds. The summed E-state index contributed by atoms with van der Waals surface area (Å²) in [6.07, 6.45) is 0. The first kappa shape index (κ1) is 15.9. The quantitative estimate of drug-likeness (QED) is 0.747. The van der Waals surface area contributed by atoms with E-state index in [4.69, 9.17) is 16.3 Å². The number of aromatic nitrogens is 3. The number of nitrogens with one attached hydrogen (secondary N) is 2. The number of hydrogen-bond donors (Lipinski definition) is 2. The highest BCUT2D eigenvalue weighted by molar-refractivity contribution is 6.30. The maximum atomic E-state index is 5.91. The largest absolute Gasteiger partial charge is 0.378 e. The number of ether oxygens (including phenoxy) is 1. The molecule has 0 radical (unpaired) electrons. The van der Waals surface area contributed by atoms with Gasteiger partial charge in [0.15, 0.2) is 5.82 Å². The van der Waals surface area contributed by atoms with Gasteiger partial charge in [0.05, 0.1) is 13.2 Å². The van der Waals surface area contributed by atoms with E-state index >= 15 is 0 Å². The second-order valence-electron chi connectivity index (χ2n) is 5.79. The summed E-state index contributed by atoms with van der Waals surface area (Å²) in [6, 6.07) is 15.7. The van der Waals surface area contributed by atoms with E-state index in [1.54, 1.807) is 0 Å². The Labute approximate surface area is 150 Å². The van der Waals surface area contributed by atoms with Gasteiger partial charge in [0.2, 0.25) is 5.95 Å². The van der Waals surface area contributed by atoms with Crippen LogP contribution in [0.4, 0.5) is 17.3 Å². The molecule has 0 bridgehead atoms. The van der Waals surface area contributed by atoms with Gasteiger partial charge in [-0.2, -0.15) is 4.98 Å². The second-order valence-corrected chi connectivity index (χ2v) is 6.22. The van der Waals surface area contributed by atoms with Gasteiger partial charge in [-0.3, -0.25) is 5.10 Å². The molecule has 1 fully saturated rings. The Kier molecular flexibility index (Phi) is 4.54. The molecule has 2 N–H and O–H groups in total. The van der Waals surface area contributed by atoms with Crippen molar-refractivity contribution in [3.63, 3.8) is 0 Å². The molecule has 2 aromatic carbocycles. The fraction of sp³-hybridized carbons (Fsp3) is 0.222. The molecule has 0 atom stereocenters. The van der Waals surface area contributed by atoms with E-state index in [0.29, 0.717) is 16.8 Å². The highest BCUT2D eigenvalue weighted by Gasteiger charge is 2.11. The lowest BCUT2D eigenvalue weighted by molar-refractivity contribution is 0.122. The fourth-order valence-corrected chi connectivity index (χ4v) is 2.89.